The molecule has 2 aromatic rings. The van der Waals surface area contributed by atoms with Gasteiger partial charge in [-0.05, 0) is 66.6 Å². The quantitative estimate of drug-likeness (QED) is 0.547. The van der Waals surface area contributed by atoms with Gasteiger partial charge in [-0.15, -0.1) is 0 Å². The second kappa shape index (κ2) is 8.50. The molecule has 0 unspecified atom stereocenters. The summed E-state index contributed by atoms with van der Waals surface area (Å²) in [5.41, 5.74) is 3.19. The van der Waals surface area contributed by atoms with Crippen LogP contribution in [0.25, 0.3) is 5.70 Å². The van der Waals surface area contributed by atoms with Crippen LogP contribution < -0.4 is 14.8 Å². The lowest BCUT2D eigenvalue weighted by molar-refractivity contribution is 0.104. The highest BCUT2D eigenvalue weighted by molar-refractivity contribution is 7.89. The summed E-state index contributed by atoms with van der Waals surface area (Å²) in [5, 5.41) is 3.30. The fourth-order valence-corrected chi connectivity index (χ4v) is 6.63. The minimum absolute atomic E-state index is 0.188. The van der Waals surface area contributed by atoms with Crippen LogP contribution in [0.15, 0.2) is 47.4 Å². The summed E-state index contributed by atoms with van der Waals surface area (Å²) < 4.78 is 38.7. The SMILES string of the molecule is C[C@@H]1C[C@@H](C)CN(S(=O)(=O)c2ccc(C(=O)/C=C3/NCCc4cc5c(cc43)OCO5)cc2)C1. The first-order valence-corrected chi connectivity index (χ1v) is 12.8. The average molecular weight is 469 g/mol. The Hall–Kier alpha value is -2.84. The first kappa shape index (κ1) is 22.0. The van der Waals surface area contributed by atoms with Gasteiger partial charge >= 0.3 is 0 Å². The molecule has 3 heterocycles. The van der Waals surface area contributed by atoms with Crippen LogP contribution in [0.5, 0.6) is 11.5 Å². The number of nitrogens with zero attached hydrogens (tertiary/aromatic N) is 1. The van der Waals surface area contributed by atoms with Gasteiger partial charge in [-0.2, -0.15) is 4.31 Å². The van der Waals surface area contributed by atoms with E-state index in [1.54, 1.807) is 22.5 Å². The van der Waals surface area contributed by atoms with Crippen molar-refractivity contribution in [2.45, 2.75) is 31.6 Å². The Morgan fingerprint density at radius 2 is 1.73 bits per heavy atom. The Morgan fingerprint density at radius 3 is 2.42 bits per heavy atom. The van der Waals surface area contributed by atoms with Crippen LogP contribution in [0.1, 0.15) is 41.8 Å². The van der Waals surface area contributed by atoms with Crippen molar-refractivity contribution in [2.75, 3.05) is 26.4 Å². The summed E-state index contributed by atoms with van der Waals surface area (Å²) in [5.74, 6) is 1.88. The van der Waals surface area contributed by atoms with Gasteiger partial charge in [0.25, 0.3) is 0 Å². The number of rotatable bonds is 4. The maximum absolute atomic E-state index is 13.1. The molecule has 3 aliphatic heterocycles. The van der Waals surface area contributed by atoms with E-state index in [4.69, 9.17) is 9.47 Å². The zero-order valence-electron chi connectivity index (χ0n) is 18.8. The molecule has 0 aromatic heterocycles. The van der Waals surface area contributed by atoms with E-state index in [0.29, 0.717) is 36.2 Å². The maximum Gasteiger partial charge on any atom is 0.243 e. The molecule has 8 heteroatoms. The van der Waals surface area contributed by atoms with Gasteiger partial charge in [-0.1, -0.05) is 13.8 Å². The van der Waals surface area contributed by atoms with Crippen molar-refractivity contribution in [1.82, 2.24) is 9.62 Å². The number of carbonyl (C=O) groups excluding carboxylic acids is 1. The average Bonchev–Trinajstić information content (AvgIpc) is 3.25. The number of benzene rings is 2. The molecule has 3 aliphatic rings. The monoisotopic (exact) mass is 468 g/mol. The molecule has 7 nitrogen and oxygen atoms in total. The number of allylic oxidation sites excluding steroid dienone is 1. The Morgan fingerprint density at radius 1 is 1.06 bits per heavy atom. The topological polar surface area (TPSA) is 84.9 Å². The Labute approximate surface area is 194 Å². The molecule has 1 saturated heterocycles. The summed E-state index contributed by atoms with van der Waals surface area (Å²) in [6.07, 6.45) is 3.43. The second-order valence-electron chi connectivity index (χ2n) is 9.25. The van der Waals surface area contributed by atoms with Crippen molar-refractivity contribution in [3.8, 4) is 11.5 Å². The van der Waals surface area contributed by atoms with Crippen molar-refractivity contribution >= 4 is 21.5 Å². The second-order valence-corrected chi connectivity index (χ2v) is 11.2. The zero-order chi connectivity index (χ0) is 23.2. The van der Waals surface area contributed by atoms with Crippen molar-refractivity contribution in [2.24, 2.45) is 11.8 Å². The summed E-state index contributed by atoms with van der Waals surface area (Å²) in [6.45, 7) is 6.15. The van der Waals surface area contributed by atoms with E-state index in [1.807, 2.05) is 12.1 Å². The largest absolute Gasteiger partial charge is 0.454 e. The molecule has 0 saturated carbocycles. The predicted molar refractivity (Wildman–Crippen MR) is 125 cm³/mol. The molecule has 0 bridgehead atoms. The maximum atomic E-state index is 13.1. The molecule has 0 spiro atoms. The number of ketones is 1. The number of piperidine rings is 1. The molecule has 1 fully saturated rings. The van der Waals surface area contributed by atoms with Gasteiger partial charge in [-0.25, -0.2) is 8.42 Å². The van der Waals surface area contributed by atoms with Crippen molar-refractivity contribution in [1.29, 1.82) is 0 Å². The standard InChI is InChI=1S/C25H28N2O5S/c1-16-9-17(2)14-27(13-16)33(29,30)20-5-3-18(4-6-20)23(28)12-22-21-11-25-24(31-15-32-25)10-19(21)7-8-26-22/h3-6,10-12,16-17,26H,7-9,13-15H2,1-2H3/b22-12+/t16-,17-/m1/s1. The molecule has 0 aliphatic carbocycles. The van der Waals surface area contributed by atoms with E-state index in [1.165, 1.54) is 12.1 Å². The van der Waals surface area contributed by atoms with Gasteiger partial charge in [0.15, 0.2) is 17.3 Å². The molecular formula is C25H28N2O5S. The Bertz CT molecular complexity index is 1210. The van der Waals surface area contributed by atoms with Gasteiger partial charge in [-0.3, -0.25) is 4.79 Å². The zero-order valence-corrected chi connectivity index (χ0v) is 19.7. The van der Waals surface area contributed by atoms with E-state index in [-0.39, 0.29) is 17.5 Å². The molecule has 2 atom stereocenters. The van der Waals surface area contributed by atoms with Crippen molar-refractivity contribution in [3.63, 3.8) is 0 Å². The fraction of sp³-hybridized carbons (Fsp3) is 0.400. The summed E-state index contributed by atoms with van der Waals surface area (Å²) in [4.78, 5) is 13.2. The summed E-state index contributed by atoms with van der Waals surface area (Å²) >= 11 is 0. The first-order valence-electron chi connectivity index (χ1n) is 11.3. The van der Waals surface area contributed by atoms with Gasteiger partial charge in [0, 0.05) is 42.5 Å². The van der Waals surface area contributed by atoms with E-state index in [9.17, 15) is 13.2 Å². The van der Waals surface area contributed by atoms with Crippen molar-refractivity contribution < 1.29 is 22.7 Å². The molecule has 33 heavy (non-hydrogen) atoms. The highest BCUT2D eigenvalue weighted by atomic mass is 32.2. The van der Waals surface area contributed by atoms with Crippen LogP contribution in [-0.4, -0.2) is 44.9 Å². The summed E-state index contributed by atoms with van der Waals surface area (Å²) in [7, 11) is -3.57. The van der Waals surface area contributed by atoms with Gasteiger partial charge < -0.3 is 14.8 Å². The van der Waals surface area contributed by atoms with Crippen molar-refractivity contribution in [3.05, 3.63) is 59.2 Å². The van der Waals surface area contributed by atoms with E-state index in [2.05, 4.69) is 19.2 Å². The highest BCUT2D eigenvalue weighted by Crippen LogP contribution is 2.38. The molecule has 0 amide bonds. The number of sulfonamides is 1. The van der Waals surface area contributed by atoms with Gasteiger partial charge in [0.2, 0.25) is 16.8 Å². The Balaban J connectivity index is 1.37. The molecule has 174 valence electrons. The number of hydrogen-bond acceptors (Lipinski definition) is 6. The number of hydrogen-bond donors (Lipinski definition) is 1. The minimum atomic E-state index is -3.57. The molecular weight excluding hydrogens is 440 g/mol. The van der Waals surface area contributed by atoms with E-state index < -0.39 is 10.0 Å². The fourth-order valence-electron chi connectivity index (χ4n) is 4.95. The van der Waals surface area contributed by atoms with Crippen LogP contribution in [0, 0.1) is 11.8 Å². The lowest BCUT2D eigenvalue weighted by Gasteiger charge is -2.34. The van der Waals surface area contributed by atoms with Crippen LogP contribution in [0.4, 0.5) is 0 Å². The smallest absolute Gasteiger partial charge is 0.243 e. The molecule has 2 aromatic carbocycles. The highest BCUT2D eigenvalue weighted by Gasteiger charge is 2.31. The number of ether oxygens (including phenoxy) is 2. The molecule has 1 N–H and O–H groups in total. The lowest BCUT2D eigenvalue weighted by Crippen LogP contribution is -2.42. The van der Waals surface area contributed by atoms with Gasteiger partial charge in [0.1, 0.15) is 0 Å². The summed E-state index contributed by atoms with van der Waals surface area (Å²) in [6, 6.07) is 10.1. The van der Waals surface area contributed by atoms with E-state index >= 15 is 0 Å². The first-order chi connectivity index (χ1) is 15.8. The van der Waals surface area contributed by atoms with Gasteiger partial charge in [0.05, 0.1) is 4.90 Å². The van der Waals surface area contributed by atoms with Crippen LogP contribution in [-0.2, 0) is 16.4 Å². The third-order valence-electron chi connectivity index (χ3n) is 6.49. The van der Waals surface area contributed by atoms with E-state index in [0.717, 1.165) is 42.0 Å². The van der Waals surface area contributed by atoms with Crippen LogP contribution in [0.2, 0.25) is 0 Å². The number of nitrogens with one attached hydrogen (secondary N) is 1. The molecule has 5 rings (SSSR count). The number of carbonyl (C=O) groups is 1. The molecule has 0 radical (unpaired) electrons. The predicted octanol–water partition coefficient (Wildman–Crippen LogP) is 3.45. The van der Waals surface area contributed by atoms with Crippen LogP contribution in [0.3, 0.4) is 0 Å². The lowest BCUT2D eigenvalue weighted by atomic mass is 9.94. The minimum Gasteiger partial charge on any atom is -0.454 e. The third-order valence-corrected chi connectivity index (χ3v) is 8.33. The van der Waals surface area contributed by atoms with Crippen LogP contribution >= 0.6 is 0 Å². The third kappa shape index (κ3) is 4.25. The number of fused-ring (bicyclic) bond motifs is 2. The normalized spacial score (nSPS) is 23.8. The Kier molecular flexibility index (Phi) is 5.66.